The average Bonchev–Trinajstić information content (AvgIpc) is 3.04. The van der Waals surface area contributed by atoms with Crippen LogP contribution in [0.5, 0.6) is 0 Å². The summed E-state index contributed by atoms with van der Waals surface area (Å²) < 4.78 is 10.9. The smallest absolute Gasteiger partial charge is 0.196 e. The van der Waals surface area contributed by atoms with Crippen molar-refractivity contribution in [1.29, 1.82) is 0 Å². The lowest BCUT2D eigenvalue weighted by atomic mass is 10.1. The van der Waals surface area contributed by atoms with Crippen molar-refractivity contribution < 1.29 is 8.83 Å². The molecule has 4 heteroatoms. The molecule has 3 nitrogen and oxygen atoms in total. The van der Waals surface area contributed by atoms with E-state index in [-0.39, 0.29) is 5.38 Å². The molecule has 0 aliphatic rings. The highest BCUT2D eigenvalue weighted by Crippen LogP contribution is 2.19. The minimum absolute atomic E-state index is 0.00170. The first kappa shape index (κ1) is 12.3. The maximum Gasteiger partial charge on any atom is 0.196 e. The Balaban J connectivity index is 1.60. The molecule has 2 aromatic heterocycles. The molecule has 1 atom stereocenters. The lowest BCUT2D eigenvalue weighted by Gasteiger charge is -2.04. The molecule has 3 rings (SSSR count). The van der Waals surface area contributed by atoms with Crippen LogP contribution in [-0.4, -0.2) is 10.4 Å². The monoisotopic (exact) mass is 275 g/mol. The minimum Gasteiger partial charge on any atom is -0.469 e. The lowest BCUT2D eigenvalue weighted by Crippen LogP contribution is -2.05. The van der Waals surface area contributed by atoms with Gasteiger partial charge in [-0.2, -0.15) is 0 Å². The Morgan fingerprint density at radius 1 is 1.16 bits per heavy atom. The van der Waals surface area contributed by atoms with Crippen LogP contribution in [0.2, 0.25) is 0 Å². The quantitative estimate of drug-likeness (QED) is 0.655. The van der Waals surface area contributed by atoms with Crippen molar-refractivity contribution in [3.8, 4) is 0 Å². The van der Waals surface area contributed by atoms with E-state index in [1.54, 1.807) is 6.26 Å². The van der Waals surface area contributed by atoms with Crippen LogP contribution >= 0.6 is 11.6 Å². The fourth-order valence-electron chi connectivity index (χ4n) is 2.05. The van der Waals surface area contributed by atoms with E-state index in [0.717, 1.165) is 29.7 Å². The van der Waals surface area contributed by atoms with Gasteiger partial charge in [-0.05, 0) is 30.7 Å². The minimum atomic E-state index is -0.00170. The van der Waals surface area contributed by atoms with Gasteiger partial charge in [-0.25, -0.2) is 4.98 Å². The Morgan fingerprint density at radius 2 is 2.05 bits per heavy atom. The zero-order chi connectivity index (χ0) is 13.1. The van der Waals surface area contributed by atoms with Crippen LogP contribution in [0.4, 0.5) is 0 Å². The van der Waals surface area contributed by atoms with E-state index in [1.807, 2.05) is 36.4 Å². The molecule has 0 aliphatic heterocycles. The van der Waals surface area contributed by atoms with Gasteiger partial charge >= 0.3 is 0 Å². The van der Waals surface area contributed by atoms with Crippen LogP contribution in [0.15, 0.2) is 51.5 Å². The summed E-state index contributed by atoms with van der Waals surface area (Å²) in [5.74, 6) is 1.66. The molecule has 2 heterocycles. The highest BCUT2D eigenvalue weighted by molar-refractivity contribution is 6.20. The normalized spacial score (nSPS) is 12.9. The van der Waals surface area contributed by atoms with E-state index >= 15 is 0 Å². The summed E-state index contributed by atoms with van der Waals surface area (Å²) in [5.41, 5.74) is 1.69. The van der Waals surface area contributed by atoms with E-state index in [9.17, 15) is 0 Å². The number of furan rings is 1. The molecule has 1 aromatic carbocycles. The van der Waals surface area contributed by atoms with Gasteiger partial charge in [-0.1, -0.05) is 12.1 Å². The number of alkyl halides is 1. The standard InChI is InChI=1S/C15H14ClNO2/c16-11(7-8-12-4-3-9-18-12)10-15-17-13-5-1-2-6-14(13)19-15/h1-6,9,11H,7-8,10H2. The summed E-state index contributed by atoms with van der Waals surface area (Å²) in [6.07, 6.45) is 3.99. The SMILES string of the molecule is ClC(CCc1ccco1)Cc1nc2ccccc2o1. The molecule has 1 unspecified atom stereocenters. The number of aromatic nitrogens is 1. The van der Waals surface area contributed by atoms with Gasteiger partial charge in [0, 0.05) is 18.2 Å². The first-order valence-electron chi connectivity index (χ1n) is 6.32. The van der Waals surface area contributed by atoms with Crippen molar-refractivity contribution in [1.82, 2.24) is 4.98 Å². The number of para-hydroxylation sites is 2. The average molecular weight is 276 g/mol. The predicted molar refractivity (Wildman–Crippen MR) is 74.4 cm³/mol. The van der Waals surface area contributed by atoms with Gasteiger partial charge in [0.05, 0.1) is 6.26 Å². The van der Waals surface area contributed by atoms with Crippen molar-refractivity contribution in [2.24, 2.45) is 0 Å². The van der Waals surface area contributed by atoms with Crippen molar-refractivity contribution in [3.63, 3.8) is 0 Å². The Bertz CT molecular complexity index is 612. The number of oxazole rings is 1. The molecule has 0 amide bonds. The highest BCUT2D eigenvalue weighted by Gasteiger charge is 2.12. The largest absolute Gasteiger partial charge is 0.469 e. The number of rotatable bonds is 5. The Labute approximate surface area is 116 Å². The molecule has 0 radical (unpaired) electrons. The third kappa shape index (κ3) is 2.99. The van der Waals surface area contributed by atoms with Crippen molar-refractivity contribution in [2.75, 3.05) is 0 Å². The summed E-state index contributed by atoms with van der Waals surface area (Å²) in [6, 6.07) is 11.6. The van der Waals surface area contributed by atoms with E-state index in [2.05, 4.69) is 4.98 Å². The topological polar surface area (TPSA) is 39.2 Å². The van der Waals surface area contributed by atoms with Crippen LogP contribution in [0.3, 0.4) is 0 Å². The third-order valence-electron chi connectivity index (χ3n) is 3.02. The van der Waals surface area contributed by atoms with Gasteiger partial charge in [-0.3, -0.25) is 0 Å². The number of fused-ring (bicyclic) bond motifs is 1. The van der Waals surface area contributed by atoms with Crippen molar-refractivity contribution >= 4 is 22.7 Å². The first-order chi connectivity index (χ1) is 9.31. The first-order valence-corrected chi connectivity index (χ1v) is 6.76. The maximum atomic E-state index is 6.32. The summed E-state index contributed by atoms with van der Waals surface area (Å²) in [6.45, 7) is 0. The van der Waals surface area contributed by atoms with Gasteiger partial charge in [0.1, 0.15) is 11.3 Å². The van der Waals surface area contributed by atoms with Crippen LogP contribution in [-0.2, 0) is 12.8 Å². The van der Waals surface area contributed by atoms with E-state index < -0.39 is 0 Å². The molecule has 0 saturated carbocycles. The second-order valence-electron chi connectivity index (χ2n) is 4.49. The molecule has 0 fully saturated rings. The molecule has 0 saturated heterocycles. The zero-order valence-electron chi connectivity index (χ0n) is 10.4. The molecular formula is C15H14ClNO2. The molecule has 3 aromatic rings. The van der Waals surface area contributed by atoms with Crippen LogP contribution in [0.1, 0.15) is 18.1 Å². The number of benzene rings is 1. The summed E-state index contributed by atoms with van der Waals surface area (Å²) >= 11 is 6.32. The highest BCUT2D eigenvalue weighted by atomic mass is 35.5. The maximum absolute atomic E-state index is 6.32. The molecule has 98 valence electrons. The fourth-order valence-corrected chi connectivity index (χ4v) is 2.29. The van der Waals surface area contributed by atoms with Crippen molar-refractivity contribution in [2.45, 2.75) is 24.6 Å². The van der Waals surface area contributed by atoms with Gasteiger partial charge in [0.2, 0.25) is 0 Å². The van der Waals surface area contributed by atoms with Gasteiger partial charge < -0.3 is 8.83 Å². The Morgan fingerprint density at radius 3 is 2.84 bits per heavy atom. The third-order valence-corrected chi connectivity index (χ3v) is 3.39. The number of nitrogens with zero attached hydrogens (tertiary/aromatic N) is 1. The zero-order valence-corrected chi connectivity index (χ0v) is 11.1. The molecular weight excluding hydrogens is 262 g/mol. The van der Waals surface area contributed by atoms with E-state index in [1.165, 1.54) is 0 Å². The van der Waals surface area contributed by atoms with Crippen molar-refractivity contribution in [3.05, 3.63) is 54.3 Å². The molecule has 0 bridgehead atoms. The summed E-state index contributed by atoms with van der Waals surface area (Å²) in [7, 11) is 0. The summed E-state index contributed by atoms with van der Waals surface area (Å²) in [4.78, 5) is 4.42. The number of hydrogen-bond donors (Lipinski definition) is 0. The van der Waals surface area contributed by atoms with E-state index in [4.69, 9.17) is 20.4 Å². The summed E-state index contributed by atoms with van der Waals surface area (Å²) in [5, 5.41) is -0.00170. The molecule has 0 N–H and O–H groups in total. The Kier molecular flexibility index (Phi) is 3.56. The van der Waals surface area contributed by atoms with Gasteiger partial charge in [0.25, 0.3) is 0 Å². The lowest BCUT2D eigenvalue weighted by molar-refractivity contribution is 0.485. The number of halogens is 1. The Hall–Kier alpha value is -1.74. The predicted octanol–water partition coefficient (Wildman–Crippen LogP) is 4.20. The molecule has 0 spiro atoms. The second-order valence-corrected chi connectivity index (χ2v) is 5.11. The van der Waals surface area contributed by atoms with Crippen LogP contribution < -0.4 is 0 Å². The van der Waals surface area contributed by atoms with Gasteiger partial charge in [-0.15, -0.1) is 11.6 Å². The second kappa shape index (κ2) is 5.49. The fraction of sp³-hybridized carbons (Fsp3) is 0.267. The van der Waals surface area contributed by atoms with Crippen LogP contribution in [0.25, 0.3) is 11.1 Å². The van der Waals surface area contributed by atoms with Crippen LogP contribution in [0, 0.1) is 0 Å². The van der Waals surface area contributed by atoms with Gasteiger partial charge in [0.15, 0.2) is 11.5 Å². The van der Waals surface area contributed by atoms with E-state index in [0.29, 0.717) is 12.3 Å². The number of hydrogen-bond acceptors (Lipinski definition) is 3. The molecule has 19 heavy (non-hydrogen) atoms. The molecule has 0 aliphatic carbocycles. The number of aryl methyl sites for hydroxylation is 1.